The largest absolute Gasteiger partial charge is 0.325 e. The number of nitrogens with zero attached hydrogens (tertiary/aromatic N) is 2. The number of amides is 2. The van der Waals surface area contributed by atoms with E-state index >= 15 is 0 Å². The van der Waals surface area contributed by atoms with Gasteiger partial charge in [-0.2, -0.15) is 0 Å². The Morgan fingerprint density at radius 1 is 0.880 bits per heavy atom. The molecule has 0 atom stereocenters. The molecule has 2 aromatic heterocycles. The quantitative estimate of drug-likeness (QED) is 0.493. The lowest BCUT2D eigenvalue weighted by molar-refractivity contribution is 0.262. The number of hydrogen-bond donors (Lipinski definition) is 2. The van der Waals surface area contributed by atoms with Crippen molar-refractivity contribution in [3.05, 3.63) is 46.5 Å². The highest BCUT2D eigenvalue weighted by molar-refractivity contribution is 7.28. The zero-order valence-electron chi connectivity index (χ0n) is 14.0. The lowest BCUT2D eigenvalue weighted by Gasteiger charge is -2.07. The standard InChI is InChI=1S/C18H16N4OS2/c1-9-6-10(2)8-12(7-9)20-17(23)22-18-21-14-5-4-13-15(16(14)25-18)24-11(3)19-13/h4-8H,1-3H3,(H2,20,21,22,23). The summed E-state index contributed by atoms with van der Waals surface area (Å²) in [5.74, 6) is 0. The van der Waals surface area contributed by atoms with Gasteiger partial charge in [-0.05, 0) is 56.2 Å². The molecule has 2 amide bonds. The zero-order chi connectivity index (χ0) is 17.6. The van der Waals surface area contributed by atoms with Gasteiger partial charge in [0.25, 0.3) is 0 Å². The highest BCUT2D eigenvalue weighted by Gasteiger charge is 2.12. The number of hydrogen-bond acceptors (Lipinski definition) is 5. The number of rotatable bonds is 2. The van der Waals surface area contributed by atoms with Crippen LogP contribution in [0.15, 0.2) is 30.3 Å². The van der Waals surface area contributed by atoms with Crippen molar-refractivity contribution in [1.82, 2.24) is 9.97 Å². The van der Waals surface area contributed by atoms with Gasteiger partial charge in [0.2, 0.25) is 0 Å². The van der Waals surface area contributed by atoms with Crippen LogP contribution in [0.5, 0.6) is 0 Å². The number of carbonyl (C=O) groups excluding carboxylic acids is 1. The third-order valence-electron chi connectivity index (χ3n) is 3.72. The van der Waals surface area contributed by atoms with E-state index in [2.05, 4.69) is 26.7 Å². The lowest BCUT2D eigenvalue weighted by Crippen LogP contribution is -2.19. The predicted molar refractivity (Wildman–Crippen MR) is 106 cm³/mol. The van der Waals surface area contributed by atoms with Crippen molar-refractivity contribution in [3.8, 4) is 0 Å². The molecule has 126 valence electrons. The highest BCUT2D eigenvalue weighted by Crippen LogP contribution is 2.35. The van der Waals surface area contributed by atoms with Crippen molar-refractivity contribution in [2.45, 2.75) is 20.8 Å². The zero-order valence-corrected chi connectivity index (χ0v) is 15.6. The molecule has 0 radical (unpaired) electrons. The first-order chi connectivity index (χ1) is 12.0. The van der Waals surface area contributed by atoms with Crippen LogP contribution in [-0.4, -0.2) is 16.0 Å². The van der Waals surface area contributed by atoms with Gasteiger partial charge in [-0.1, -0.05) is 17.4 Å². The van der Waals surface area contributed by atoms with Crippen LogP contribution in [0, 0.1) is 20.8 Å². The molecule has 0 fully saturated rings. The number of fused-ring (bicyclic) bond motifs is 3. The molecule has 0 saturated carbocycles. The molecule has 0 aliphatic carbocycles. The van der Waals surface area contributed by atoms with Crippen molar-refractivity contribution >= 4 is 60.0 Å². The van der Waals surface area contributed by atoms with Crippen molar-refractivity contribution in [3.63, 3.8) is 0 Å². The summed E-state index contributed by atoms with van der Waals surface area (Å²) in [6.45, 7) is 6.01. The molecule has 5 nitrogen and oxygen atoms in total. The summed E-state index contributed by atoms with van der Waals surface area (Å²) >= 11 is 3.12. The Balaban J connectivity index is 1.59. The summed E-state index contributed by atoms with van der Waals surface area (Å²) in [6, 6.07) is 9.57. The van der Waals surface area contributed by atoms with Gasteiger partial charge in [0, 0.05) is 5.69 Å². The molecule has 4 aromatic rings. The fraction of sp³-hybridized carbons (Fsp3) is 0.167. The van der Waals surface area contributed by atoms with Crippen LogP contribution in [-0.2, 0) is 0 Å². The third-order valence-corrected chi connectivity index (χ3v) is 5.86. The highest BCUT2D eigenvalue weighted by atomic mass is 32.1. The van der Waals surface area contributed by atoms with Gasteiger partial charge < -0.3 is 5.32 Å². The summed E-state index contributed by atoms with van der Waals surface area (Å²) in [5, 5.41) is 7.30. The number of aromatic nitrogens is 2. The molecular weight excluding hydrogens is 352 g/mol. The summed E-state index contributed by atoms with van der Waals surface area (Å²) in [6.07, 6.45) is 0. The van der Waals surface area contributed by atoms with E-state index < -0.39 is 0 Å². The summed E-state index contributed by atoms with van der Waals surface area (Å²) in [5.41, 5.74) is 4.85. The molecule has 0 saturated heterocycles. The second kappa shape index (κ2) is 6.09. The maximum absolute atomic E-state index is 12.3. The number of carbonyl (C=O) groups is 1. The van der Waals surface area contributed by atoms with Gasteiger partial charge in [0.05, 0.1) is 25.4 Å². The normalized spacial score (nSPS) is 11.2. The van der Waals surface area contributed by atoms with Gasteiger partial charge in [-0.3, -0.25) is 5.32 Å². The number of nitrogens with one attached hydrogen (secondary N) is 2. The first kappa shape index (κ1) is 16.0. The van der Waals surface area contributed by atoms with E-state index in [1.165, 1.54) is 11.3 Å². The molecule has 0 spiro atoms. The third kappa shape index (κ3) is 3.20. The van der Waals surface area contributed by atoms with Gasteiger partial charge in [-0.25, -0.2) is 14.8 Å². The Labute approximate surface area is 152 Å². The van der Waals surface area contributed by atoms with Gasteiger partial charge in [0.1, 0.15) is 0 Å². The monoisotopic (exact) mass is 368 g/mol. The molecule has 0 aliphatic rings. The Morgan fingerprint density at radius 2 is 1.52 bits per heavy atom. The number of anilines is 2. The minimum absolute atomic E-state index is 0.291. The van der Waals surface area contributed by atoms with Crippen molar-refractivity contribution in [2.24, 2.45) is 0 Å². The van der Waals surface area contributed by atoms with Crippen LogP contribution in [0.3, 0.4) is 0 Å². The minimum Gasteiger partial charge on any atom is -0.308 e. The SMILES string of the molecule is Cc1cc(C)cc(NC(=O)Nc2nc3ccc4nc(C)sc4c3s2)c1. The van der Waals surface area contributed by atoms with Crippen molar-refractivity contribution < 1.29 is 4.79 Å². The van der Waals surface area contributed by atoms with E-state index in [-0.39, 0.29) is 6.03 Å². The van der Waals surface area contributed by atoms with Gasteiger partial charge in [0.15, 0.2) is 5.13 Å². The van der Waals surface area contributed by atoms with Crippen LogP contribution in [0.1, 0.15) is 16.1 Å². The molecule has 2 N–H and O–H groups in total. The number of benzene rings is 2. The topological polar surface area (TPSA) is 66.9 Å². The Bertz CT molecular complexity index is 1090. The van der Waals surface area contributed by atoms with Crippen LogP contribution in [0.25, 0.3) is 20.4 Å². The number of aryl methyl sites for hydroxylation is 3. The predicted octanol–water partition coefficient (Wildman–Crippen LogP) is 5.48. The average Bonchev–Trinajstić information content (AvgIpc) is 3.07. The van der Waals surface area contributed by atoms with Crippen molar-refractivity contribution in [2.75, 3.05) is 10.6 Å². The molecular formula is C18H16N4OS2. The van der Waals surface area contributed by atoms with Crippen molar-refractivity contribution in [1.29, 1.82) is 0 Å². The minimum atomic E-state index is -0.291. The molecule has 4 rings (SSSR count). The fourth-order valence-corrected chi connectivity index (χ4v) is 4.85. The Kier molecular flexibility index (Phi) is 3.89. The fourth-order valence-electron chi connectivity index (χ4n) is 2.84. The smallest absolute Gasteiger partial charge is 0.308 e. The molecule has 0 unspecified atom stereocenters. The number of thiazole rings is 2. The van der Waals surface area contributed by atoms with Crippen LogP contribution in [0.4, 0.5) is 15.6 Å². The van der Waals surface area contributed by atoms with E-state index in [0.717, 1.165) is 42.3 Å². The van der Waals surface area contributed by atoms with E-state index in [9.17, 15) is 4.79 Å². The maximum atomic E-state index is 12.3. The van der Waals surface area contributed by atoms with E-state index in [1.807, 2.05) is 45.0 Å². The average molecular weight is 368 g/mol. The molecule has 25 heavy (non-hydrogen) atoms. The summed E-state index contributed by atoms with van der Waals surface area (Å²) in [4.78, 5) is 21.3. The maximum Gasteiger partial charge on any atom is 0.325 e. The molecule has 7 heteroatoms. The Hall–Kier alpha value is -2.51. The molecule has 2 heterocycles. The summed E-state index contributed by atoms with van der Waals surface area (Å²) in [7, 11) is 0. The van der Waals surface area contributed by atoms with E-state index in [1.54, 1.807) is 11.3 Å². The first-order valence-electron chi connectivity index (χ1n) is 7.81. The van der Waals surface area contributed by atoms with Crippen LogP contribution < -0.4 is 10.6 Å². The molecule has 2 aromatic carbocycles. The van der Waals surface area contributed by atoms with E-state index in [0.29, 0.717) is 5.13 Å². The van der Waals surface area contributed by atoms with Gasteiger partial charge >= 0.3 is 6.03 Å². The van der Waals surface area contributed by atoms with Gasteiger partial charge in [-0.15, -0.1) is 11.3 Å². The lowest BCUT2D eigenvalue weighted by atomic mass is 10.1. The Morgan fingerprint density at radius 3 is 2.24 bits per heavy atom. The molecule has 0 aliphatic heterocycles. The number of urea groups is 1. The summed E-state index contributed by atoms with van der Waals surface area (Å²) < 4.78 is 2.18. The second-order valence-electron chi connectivity index (χ2n) is 5.97. The first-order valence-corrected chi connectivity index (χ1v) is 9.44. The van der Waals surface area contributed by atoms with E-state index in [4.69, 9.17) is 0 Å². The van der Waals surface area contributed by atoms with Crippen LogP contribution in [0.2, 0.25) is 0 Å². The van der Waals surface area contributed by atoms with Crippen LogP contribution >= 0.6 is 22.7 Å². The second-order valence-corrected chi connectivity index (χ2v) is 8.17. The molecule has 0 bridgehead atoms.